The van der Waals surface area contributed by atoms with Crippen molar-refractivity contribution >= 4 is 15.8 Å². The molecule has 0 amide bonds. The smallest absolute Gasteiger partial charge is 0.263 e. The molecule has 2 aromatic rings. The van der Waals surface area contributed by atoms with Crippen LogP contribution in [0, 0.1) is 11.6 Å². The van der Waals surface area contributed by atoms with Crippen molar-refractivity contribution in [3.05, 3.63) is 54.2 Å². The van der Waals surface area contributed by atoms with E-state index in [1.165, 1.54) is 12.3 Å². The Balaban J connectivity index is 2.34. The molecule has 0 saturated heterocycles. The molecule has 7 heteroatoms. The lowest BCUT2D eigenvalue weighted by Crippen LogP contribution is -2.14. The third kappa shape index (κ3) is 2.62. The molecule has 0 atom stereocenters. The van der Waals surface area contributed by atoms with Gasteiger partial charge in [0.1, 0.15) is 5.82 Å². The molecule has 2 rings (SSSR count). The van der Waals surface area contributed by atoms with E-state index in [1.807, 2.05) is 0 Å². The normalized spacial score (nSPS) is 11.2. The van der Waals surface area contributed by atoms with E-state index in [2.05, 4.69) is 9.71 Å². The lowest BCUT2D eigenvalue weighted by molar-refractivity contribution is 0.504. The second kappa shape index (κ2) is 4.69. The molecular formula is C11H8F2N2O2S. The first-order chi connectivity index (χ1) is 8.49. The Morgan fingerprint density at radius 1 is 1.06 bits per heavy atom. The maximum atomic E-state index is 13.0. The van der Waals surface area contributed by atoms with E-state index < -0.39 is 21.7 Å². The summed E-state index contributed by atoms with van der Waals surface area (Å²) in [6.07, 6.45) is 1.41. The lowest BCUT2D eigenvalue weighted by atomic mass is 10.3. The van der Waals surface area contributed by atoms with Crippen LogP contribution in [-0.2, 0) is 10.0 Å². The SMILES string of the molecule is O=S(=O)(Nc1ccccn1)c1ccc(F)c(F)c1. The molecule has 0 fully saturated rings. The molecule has 0 unspecified atom stereocenters. The molecule has 0 aliphatic carbocycles. The Bertz CT molecular complexity index is 660. The molecule has 4 nitrogen and oxygen atoms in total. The number of aromatic nitrogens is 1. The van der Waals surface area contributed by atoms with E-state index in [4.69, 9.17) is 0 Å². The Kier molecular flexibility index (Phi) is 3.24. The lowest BCUT2D eigenvalue weighted by Gasteiger charge is -2.07. The van der Waals surface area contributed by atoms with Gasteiger partial charge in [0.15, 0.2) is 11.6 Å². The summed E-state index contributed by atoms with van der Waals surface area (Å²) < 4.78 is 51.5. The zero-order valence-electron chi connectivity index (χ0n) is 8.97. The summed E-state index contributed by atoms with van der Waals surface area (Å²) in [4.78, 5) is 3.40. The number of halogens is 2. The molecule has 18 heavy (non-hydrogen) atoms. The fourth-order valence-corrected chi connectivity index (χ4v) is 2.28. The van der Waals surface area contributed by atoms with Crippen LogP contribution in [0.1, 0.15) is 0 Å². The second-order valence-electron chi connectivity index (χ2n) is 3.40. The van der Waals surface area contributed by atoms with Gasteiger partial charge in [0, 0.05) is 6.20 Å². The number of hydrogen-bond donors (Lipinski definition) is 1. The third-order valence-corrected chi connectivity index (χ3v) is 3.46. The van der Waals surface area contributed by atoms with Crippen molar-refractivity contribution in [2.75, 3.05) is 4.72 Å². The highest BCUT2D eigenvalue weighted by Crippen LogP contribution is 2.16. The van der Waals surface area contributed by atoms with Crippen LogP contribution in [0.3, 0.4) is 0 Å². The van der Waals surface area contributed by atoms with Gasteiger partial charge in [-0.3, -0.25) is 4.72 Å². The summed E-state index contributed by atoms with van der Waals surface area (Å²) in [5, 5.41) is 0. The number of sulfonamides is 1. The predicted molar refractivity (Wildman–Crippen MR) is 61.4 cm³/mol. The van der Waals surface area contributed by atoms with Crippen LogP contribution in [0.4, 0.5) is 14.6 Å². The fourth-order valence-electron chi connectivity index (χ4n) is 1.26. The Hall–Kier alpha value is -2.02. The highest BCUT2D eigenvalue weighted by molar-refractivity contribution is 7.92. The maximum absolute atomic E-state index is 13.0. The van der Waals surface area contributed by atoms with Crippen molar-refractivity contribution in [3.8, 4) is 0 Å². The Labute approximate surface area is 102 Å². The quantitative estimate of drug-likeness (QED) is 0.929. The number of nitrogens with one attached hydrogen (secondary N) is 1. The van der Waals surface area contributed by atoms with E-state index in [0.29, 0.717) is 6.07 Å². The number of pyridine rings is 1. The van der Waals surface area contributed by atoms with Gasteiger partial charge in [0.2, 0.25) is 0 Å². The molecular weight excluding hydrogens is 262 g/mol. The highest BCUT2D eigenvalue weighted by Gasteiger charge is 2.16. The monoisotopic (exact) mass is 270 g/mol. The van der Waals surface area contributed by atoms with Gasteiger partial charge in [-0.15, -0.1) is 0 Å². The summed E-state index contributed by atoms with van der Waals surface area (Å²) in [6.45, 7) is 0. The Morgan fingerprint density at radius 2 is 1.83 bits per heavy atom. The molecule has 0 spiro atoms. The van der Waals surface area contributed by atoms with Gasteiger partial charge in [-0.1, -0.05) is 6.07 Å². The molecule has 0 saturated carbocycles. The van der Waals surface area contributed by atoms with E-state index >= 15 is 0 Å². The number of rotatable bonds is 3. The van der Waals surface area contributed by atoms with Crippen LogP contribution >= 0.6 is 0 Å². The first kappa shape index (κ1) is 12.4. The van der Waals surface area contributed by atoms with E-state index in [-0.39, 0.29) is 10.7 Å². The van der Waals surface area contributed by atoms with Crippen LogP contribution in [0.15, 0.2) is 47.5 Å². The highest BCUT2D eigenvalue weighted by atomic mass is 32.2. The first-order valence-electron chi connectivity index (χ1n) is 4.88. The largest absolute Gasteiger partial charge is 0.263 e. The fraction of sp³-hybridized carbons (Fsp3) is 0. The van der Waals surface area contributed by atoms with Gasteiger partial charge in [-0.05, 0) is 30.3 Å². The van der Waals surface area contributed by atoms with Gasteiger partial charge in [-0.2, -0.15) is 0 Å². The second-order valence-corrected chi connectivity index (χ2v) is 5.08. The zero-order valence-corrected chi connectivity index (χ0v) is 9.79. The van der Waals surface area contributed by atoms with Crippen LogP contribution in [0.2, 0.25) is 0 Å². The average Bonchev–Trinajstić information content (AvgIpc) is 2.33. The molecule has 0 radical (unpaired) electrons. The maximum Gasteiger partial charge on any atom is 0.263 e. The third-order valence-electron chi connectivity index (χ3n) is 2.11. The molecule has 1 N–H and O–H groups in total. The minimum absolute atomic E-state index is 0.0993. The van der Waals surface area contributed by atoms with E-state index in [1.54, 1.807) is 12.1 Å². The summed E-state index contributed by atoms with van der Waals surface area (Å²) >= 11 is 0. The van der Waals surface area contributed by atoms with Crippen molar-refractivity contribution < 1.29 is 17.2 Å². The average molecular weight is 270 g/mol. The van der Waals surface area contributed by atoms with Gasteiger partial charge >= 0.3 is 0 Å². The van der Waals surface area contributed by atoms with Gasteiger partial charge in [-0.25, -0.2) is 22.2 Å². The minimum Gasteiger partial charge on any atom is -0.263 e. The molecule has 0 aliphatic heterocycles. The number of benzene rings is 1. The van der Waals surface area contributed by atoms with Crippen molar-refractivity contribution in [2.45, 2.75) is 4.90 Å². The van der Waals surface area contributed by atoms with Gasteiger partial charge in [0.05, 0.1) is 4.90 Å². The molecule has 0 bridgehead atoms. The van der Waals surface area contributed by atoms with Crippen LogP contribution < -0.4 is 4.72 Å². The van der Waals surface area contributed by atoms with E-state index in [0.717, 1.165) is 12.1 Å². The van der Waals surface area contributed by atoms with Crippen LogP contribution in [0.5, 0.6) is 0 Å². The van der Waals surface area contributed by atoms with Gasteiger partial charge in [0.25, 0.3) is 10.0 Å². The molecule has 94 valence electrons. The van der Waals surface area contributed by atoms with Gasteiger partial charge < -0.3 is 0 Å². The standard InChI is InChI=1S/C11H8F2N2O2S/c12-9-5-4-8(7-10(9)13)18(16,17)15-11-3-1-2-6-14-11/h1-7H,(H,14,15). The predicted octanol–water partition coefficient (Wildman–Crippen LogP) is 2.16. The summed E-state index contributed by atoms with van der Waals surface area (Å²) in [5.41, 5.74) is 0. The van der Waals surface area contributed by atoms with Crippen LogP contribution in [-0.4, -0.2) is 13.4 Å². The number of anilines is 1. The summed E-state index contributed by atoms with van der Waals surface area (Å²) in [6, 6.07) is 7.00. The molecule has 1 heterocycles. The van der Waals surface area contributed by atoms with E-state index in [9.17, 15) is 17.2 Å². The molecule has 0 aliphatic rings. The zero-order chi connectivity index (χ0) is 13.2. The van der Waals surface area contributed by atoms with Crippen LogP contribution in [0.25, 0.3) is 0 Å². The number of nitrogens with zero attached hydrogens (tertiary/aromatic N) is 1. The van der Waals surface area contributed by atoms with Crippen molar-refractivity contribution in [3.63, 3.8) is 0 Å². The first-order valence-corrected chi connectivity index (χ1v) is 6.36. The summed E-state index contributed by atoms with van der Waals surface area (Å²) in [7, 11) is -3.97. The van der Waals surface area contributed by atoms with Crippen molar-refractivity contribution in [1.29, 1.82) is 0 Å². The molecule has 1 aromatic heterocycles. The number of hydrogen-bond acceptors (Lipinski definition) is 3. The topological polar surface area (TPSA) is 59.1 Å². The molecule has 1 aromatic carbocycles. The summed E-state index contributed by atoms with van der Waals surface area (Å²) in [5.74, 6) is -2.23. The van der Waals surface area contributed by atoms with Crippen molar-refractivity contribution in [1.82, 2.24) is 4.98 Å². The minimum atomic E-state index is -3.97. The van der Waals surface area contributed by atoms with Crippen molar-refractivity contribution in [2.24, 2.45) is 0 Å². The Morgan fingerprint density at radius 3 is 2.44 bits per heavy atom.